The van der Waals surface area contributed by atoms with Crippen molar-refractivity contribution in [2.75, 3.05) is 5.32 Å². The summed E-state index contributed by atoms with van der Waals surface area (Å²) in [7, 11) is 0. The van der Waals surface area contributed by atoms with Crippen LogP contribution in [0.2, 0.25) is 0 Å². The van der Waals surface area contributed by atoms with Crippen LogP contribution in [0.1, 0.15) is 22.9 Å². The van der Waals surface area contributed by atoms with Crippen LogP contribution in [0.25, 0.3) is 0 Å². The van der Waals surface area contributed by atoms with Crippen molar-refractivity contribution < 1.29 is 4.92 Å². The molecule has 1 aromatic carbocycles. The van der Waals surface area contributed by atoms with Gasteiger partial charge < -0.3 is 5.32 Å². The Morgan fingerprint density at radius 1 is 1.32 bits per heavy atom. The van der Waals surface area contributed by atoms with E-state index >= 15 is 0 Å². The van der Waals surface area contributed by atoms with E-state index in [9.17, 15) is 10.1 Å². The lowest BCUT2D eigenvalue weighted by molar-refractivity contribution is -0.380. The van der Waals surface area contributed by atoms with Gasteiger partial charge in [-0.15, -0.1) is 0 Å². The first kappa shape index (κ1) is 13.5. The fourth-order valence-corrected chi connectivity index (χ4v) is 2.77. The number of aryl methyl sites for hydroxylation is 2. The average Bonchev–Trinajstić information content (AvgIpc) is 2.86. The molecule has 0 unspecified atom stereocenters. The molecule has 0 aliphatic carbocycles. The Morgan fingerprint density at radius 3 is 2.74 bits per heavy atom. The number of nitro groups is 1. The number of anilines is 1. The van der Waals surface area contributed by atoms with Crippen LogP contribution in [-0.2, 0) is 13.0 Å². The highest BCUT2D eigenvalue weighted by molar-refractivity contribution is 7.15. The molecule has 2 aromatic rings. The van der Waals surface area contributed by atoms with Crippen LogP contribution in [0.4, 0.5) is 10.7 Å². The topological polar surface area (TPSA) is 55.2 Å². The van der Waals surface area contributed by atoms with E-state index in [2.05, 4.69) is 37.4 Å². The summed E-state index contributed by atoms with van der Waals surface area (Å²) in [6, 6.07) is 9.58. The Balaban J connectivity index is 2.12. The molecule has 0 aliphatic heterocycles. The second-order valence-corrected chi connectivity index (χ2v) is 5.46. The summed E-state index contributed by atoms with van der Waals surface area (Å²) in [5.74, 6) is 0. The highest BCUT2D eigenvalue weighted by Crippen LogP contribution is 2.26. The van der Waals surface area contributed by atoms with E-state index < -0.39 is 0 Å². The zero-order valence-electron chi connectivity index (χ0n) is 11.0. The highest BCUT2D eigenvalue weighted by atomic mass is 32.1. The van der Waals surface area contributed by atoms with Gasteiger partial charge in [-0.2, -0.15) is 0 Å². The molecule has 2 rings (SSSR count). The molecule has 0 bridgehead atoms. The number of hydrogen-bond acceptors (Lipinski definition) is 4. The van der Waals surface area contributed by atoms with E-state index in [1.165, 1.54) is 22.5 Å². The van der Waals surface area contributed by atoms with Crippen LogP contribution in [0, 0.1) is 17.0 Å². The monoisotopic (exact) mass is 276 g/mol. The van der Waals surface area contributed by atoms with E-state index in [0.29, 0.717) is 6.54 Å². The smallest absolute Gasteiger partial charge is 0.324 e. The zero-order chi connectivity index (χ0) is 13.8. The third-order valence-corrected chi connectivity index (χ3v) is 4.04. The third-order valence-electron chi connectivity index (χ3n) is 3.01. The molecule has 0 saturated heterocycles. The fraction of sp³-hybridized carbons (Fsp3) is 0.286. The summed E-state index contributed by atoms with van der Waals surface area (Å²) in [6.45, 7) is 4.81. The number of nitrogens with zero attached hydrogens (tertiary/aromatic N) is 1. The Morgan fingerprint density at radius 2 is 2.11 bits per heavy atom. The highest BCUT2D eigenvalue weighted by Gasteiger charge is 2.10. The van der Waals surface area contributed by atoms with Crippen molar-refractivity contribution in [2.24, 2.45) is 0 Å². The van der Waals surface area contributed by atoms with Crippen molar-refractivity contribution >= 4 is 22.0 Å². The molecular weight excluding hydrogens is 260 g/mol. The molecule has 0 amide bonds. The predicted molar refractivity (Wildman–Crippen MR) is 78.9 cm³/mol. The van der Waals surface area contributed by atoms with Gasteiger partial charge in [0, 0.05) is 23.2 Å². The number of para-hydroxylation sites is 1. The molecule has 0 spiro atoms. The minimum Gasteiger partial charge on any atom is -0.380 e. The lowest BCUT2D eigenvalue weighted by atomic mass is 10.1. The molecule has 100 valence electrons. The molecule has 1 N–H and O–H groups in total. The summed E-state index contributed by atoms with van der Waals surface area (Å²) in [5.41, 5.74) is 3.61. The SMILES string of the molecule is CCc1cccc(C)c1NCc1ccc([N+](=O)[O-])s1. The first-order valence-electron chi connectivity index (χ1n) is 6.17. The minimum atomic E-state index is -0.348. The van der Waals surface area contributed by atoms with Crippen molar-refractivity contribution in [1.29, 1.82) is 0 Å². The van der Waals surface area contributed by atoms with E-state index in [0.717, 1.165) is 17.0 Å². The van der Waals surface area contributed by atoms with Crippen molar-refractivity contribution in [2.45, 2.75) is 26.8 Å². The number of benzene rings is 1. The standard InChI is InChI=1S/C14H16N2O2S/c1-3-11-6-4-5-10(2)14(11)15-9-12-7-8-13(19-12)16(17)18/h4-8,15H,3,9H2,1-2H3. The second kappa shape index (κ2) is 5.84. The van der Waals surface area contributed by atoms with Gasteiger partial charge in [0.1, 0.15) is 0 Å². The summed E-state index contributed by atoms with van der Waals surface area (Å²) in [5, 5.41) is 14.2. The normalized spacial score (nSPS) is 10.4. The van der Waals surface area contributed by atoms with Crippen LogP contribution < -0.4 is 5.32 Å². The average molecular weight is 276 g/mol. The van der Waals surface area contributed by atoms with Gasteiger partial charge >= 0.3 is 5.00 Å². The van der Waals surface area contributed by atoms with Gasteiger partial charge in [0.25, 0.3) is 0 Å². The van der Waals surface area contributed by atoms with Crippen molar-refractivity contribution in [1.82, 2.24) is 0 Å². The molecule has 1 aromatic heterocycles. The maximum atomic E-state index is 10.6. The summed E-state index contributed by atoms with van der Waals surface area (Å²) in [4.78, 5) is 11.3. The lowest BCUT2D eigenvalue weighted by Crippen LogP contribution is -2.02. The fourth-order valence-electron chi connectivity index (χ4n) is 2.01. The van der Waals surface area contributed by atoms with E-state index in [1.54, 1.807) is 12.1 Å². The largest absolute Gasteiger partial charge is 0.380 e. The van der Waals surface area contributed by atoms with Gasteiger partial charge in [-0.3, -0.25) is 10.1 Å². The summed E-state index contributed by atoms with van der Waals surface area (Å²) in [6.07, 6.45) is 0.967. The number of nitrogens with one attached hydrogen (secondary N) is 1. The van der Waals surface area contributed by atoms with Gasteiger partial charge in [-0.1, -0.05) is 36.5 Å². The molecule has 0 atom stereocenters. The Hall–Kier alpha value is -1.88. The van der Waals surface area contributed by atoms with Crippen LogP contribution in [-0.4, -0.2) is 4.92 Å². The van der Waals surface area contributed by atoms with Crippen LogP contribution >= 0.6 is 11.3 Å². The molecule has 4 nitrogen and oxygen atoms in total. The van der Waals surface area contributed by atoms with E-state index in [-0.39, 0.29) is 9.92 Å². The molecule has 19 heavy (non-hydrogen) atoms. The minimum absolute atomic E-state index is 0.192. The molecule has 0 saturated carbocycles. The van der Waals surface area contributed by atoms with E-state index in [4.69, 9.17) is 0 Å². The van der Waals surface area contributed by atoms with Crippen molar-refractivity contribution in [3.05, 3.63) is 56.5 Å². The number of thiophene rings is 1. The lowest BCUT2D eigenvalue weighted by Gasteiger charge is -2.13. The van der Waals surface area contributed by atoms with Crippen LogP contribution in [0.3, 0.4) is 0 Å². The Kier molecular flexibility index (Phi) is 4.16. The quantitative estimate of drug-likeness (QED) is 0.659. The third kappa shape index (κ3) is 3.12. The van der Waals surface area contributed by atoms with Crippen LogP contribution in [0.15, 0.2) is 30.3 Å². The molecule has 1 heterocycles. The Bertz CT molecular complexity index is 593. The van der Waals surface area contributed by atoms with Crippen molar-refractivity contribution in [3.63, 3.8) is 0 Å². The predicted octanol–water partition coefficient (Wildman–Crippen LogP) is 4.14. The maximum absolute atomic E-state index is 10.6. The van der Waals surface area contributed by atoms with Gasteiger partial charge in [0.2, 0.25) is 0 Å². The van der Waals surface area contributed by atoms with E-state index in [1.807, 2.05) is 0 Å². The van der Waals surface area contributed by atoms with Gasteiger partial charge in [0.05, 0.1) is 4.92 Å². The van der Waals surface area contributed by atoms with Crippen molar-refractivity contribution in [3.8, 4) is 0 Å². The van der Waals surface area contributed by atoms with Gasteiger partial charge in [-0.25, -0.2) is 0 Å². The summed E-state index contributed by atoms with van der Waals surface area (Å²) < 4.78 is 0. The first-order chi connectivity index (χ1) is 9.11. The summed E-state index contributed by atoms with van der Waals surface area (Å²) >= 11 is 1.22. The molecular formula is C14H16N2O2S. The van der Waals surface area contributed by atoms with Crippen LogP contribution in [0.5, 0.6) is 0 Å². The number of rotatable bonds is 5. The zero-order valence-corrected chi connectivity index (χ0v) is 11.8. The molecule has 5 heteroatoms. The van der Waals surface area contributed by atoms with Gasteiger partial charge in [0.15, 0.2) is 0 Å². The maximum Gasteiger partial charge on any atom is 0.324 e. The Labute approximate surface area is 116 Å². The first-order valence-corrected chi connectivity index (χ1v) is 6.99. The second-order valence-electron chi connectivity index (χ2n) is 4.31. The molecule has 0 radical (unpaired) electrons. The van der Waals surface area contributed by atoms with Gasteiger partial charge in [-0.05, 0) is 30.5 Å². The molecule has 0 fully saturated rings. The molecule has 0 aliphatic rings. The number of hydrogen-bond donors (Lipinski definition) is 1.